The molecule has 0 aromatic heterocycles. The van der Waals surface area contributed by atoms with E-state index in [1.54, 1.807) is 0 Å². The van der Waals surface area contributed by atoms with Gasteiger partial charge in [-0.2, -0.15) is 0 Å². The minimum absolute atomic E-state index is 0.524. The normalized spacial score (nSPS) is 13.7. The summed E-state index contributed by atoms with van der Waals surface area (Å²) in [6.45, 7) is 0. The summed E-state index contributed by atoms with van der Waals surface area (Å²) in [5.41, 5.74) is 18.7. The molecule has 0 unspecified atom stereocenters. The third-order valence-corrected chi connectivity index (χ3v) is 12.7. The minimum Gasteiger partial charge on any atom is -0.310 e. The predicted molar refractivity (Wildman–Crippen MR) is 243 cm³/mol. The Hall–Kier alpha value is -6.96. The molecule has 1 nitrogen and oxygen atoms in total. The molecule has 0 radical (unpaired) electrons. The molecule has 0 saturated heterocycles. The van der Waals surface area contributed by atoms with E-state index in [9.17, 15) is 0 Å². The molecule has 9 aromatic carbocycles. The van der Waals surface area contributed by atoms with Gasteiger partial charge in [0, 0.05) is 16.9 Å². The Morgan fingerprint density at radius 3 is 1.72 bits per heavy atom. The number of fused-ring (bicyclic) bond motifs is 5. The molecule has 9 aromatic rings. The van der Waals surface area contributed by atoms with Gasteiger partial charge >= 0.3 is 0 Å². The topological polar surface area (TPSA) is 3.24 Å². The van der Waals surface area contributed by atoms with Crippen LogP contribution in [0.3, 0.4) is 0 Å². The molecule has 2 aliphatic rings. The number of aryl methyl sites for hydroxylation is 1. The van der Waals surface area contributed by atoms with E-state index in [1.807, 2.05) is 0 Å². The molecule has 0 N–H and O–H groups in total. The summed E-state index contributed by atoms with van der Waals surface area (Å²) in [5.74, 6) is 0. The zero-order chi connectivity index (χ0) is 38.5. The summed E-state index contributed by atoms with van der Waals surface area (Å²) in [6.07, 6.45) is 4.69. The van der Waals surface area contributed by atoms with Crippen LogP contribution in [0, 0.1) is 0 Å². The van der Waals surface area contributed by atoms with Gasteiger partial charge in [-0.1, -0.05) is 176 Å². The molecule has 1 heteroatoms. The Morgan fingerprint density at radius 1 is 0.362 bits per heavy atom. The molecule has 58 heavy (non-hydrogen) atoms. The van der Waals surface area contributed by atoms with Gasteiger partial charge in [-0.3, -0.25) is 0 Å². The molecule has 2 aliphatic carbocycles. The SMILES string of the molecule is c1ccc(-c2ccc(N(c3ccc4ccccc4c3)c3cc4c(cc3-c3cccc5c3CCCC5)-c3ccccc3C4(c3ccccc3)c3ccccc3)cc2)cc1. The molecule has 0 aliphatic heterocycles. The number of hydrogen-bond acceptors (Lipinski definition) is 1. The summed E-state index contributed by atoms with van der Waals surface area (Å²) >= 11 is 0. The first-order chi connectivity index (χ1) is 28.8. The van der Waals surface area contributed by atoms with Gasteiger partial charge in [-0.15, -0.1) is 0 Å². The summed E-state index contributed by atoms with van der Waals surface area (Å²) in [4.78, 5) is 2.53. The highest BCUT2D eigenvalue weighted by molar-refractivity contribution is 5.98. The molecule has 0 amide bonds. The van der Waals surface area contributed by atoms with Crippen LogP contribution in [-0.2, 0) is 18.3 Å². The standard InChI is InChI=1S/C57H43N/c1-4-17-40(18-5-1)42-31-34-47(35-32-42)58(48-36-33-41-19-10-11-21-44(41)37-48)56-39-55-52(38-53(56)50-29-16-22-43-20-12-13-27-49(43)50)51-28-14-15-30-54(51)57(55,45-23-6-2-7-24-45)46-25-8-3-9-26-46/h1-11,14-19,21-26,28-39H,12-13,20,27H2. The van der Waals surface area contributed by atoms with Crippen molar-refractivity contribution in [2.75, 3.05) is 4.90 Å². The van der Waals surface area contributed by atoms with Gasteiger partial charge in [0.1, 0.15) is 0 Å². The summed E-state index contributed by atoms with van der Waals surface area (Å²) in [5, 5.41) is 2.46. The quantitative estimate of drug-likeness (QED) is 0.157. The Labute approximate surface area is 341 Å². The summed E-state index contributed by atoms with van der Waals surface area (Å²) < 4.78 is 0. The lowest BCUT2D eigenvalue weighted by molar-refractivity contribution is 0.687. The lowest BCUT2D eigenvalue weighted by Crippen LogP contribution is -2.28. The zero-order valence-electron chi connectivity index (χ0n) is 32.5. The van der Waals surface area contributed by atoms with E-state index in [1.165, 1.54) is 96.1 Å². The Bertz CT molecular complexity index is 2890. The molecule has 276 valence electrons. The van der Waals surface area contributed by atoms with E-state index in [-0.39, 0.29) is 0 Å². The van der Waals surface area contributed by atoms with Crippen molar-refractivity contribution in [3.63, 3.8) is 0 Å². The zero-order valence-corrected chi connectivity index (χ0v) is 32.5. The van der Waals surface area contributed by atoms with Gasteiger partial charge < -0.3 is 4.90 Å². The fourth-order valence-corrected chi connectivity index (χ4v) is 10.1. The third-order valence-electron chi connectivity index (χ3n) is 12.7. The van der Waals surface area contributed by atoms with Crippen LogP contribution in [0.5, 0.6) is 0 Å². The molecule has 0 fully saturated rings. The molecule has 0 atom stereocenters. The summed E-state index contributed by atoms with van der Waals surface area (Å²) in [6, 6.07) is 79.2. The Balaban J connectivity index is 1.26. The van der Waals surface area contributed by atoms with Crippen LogP contribution in [0.1, 0.15) is 46.2 Å². The van der Waals surface area contributed by atoms with E-state index in [2.05, 4.69) is 217 Å². The fraction of sp³-hybridized carbons (Fsp3) is 0.0877. The highest BCUT2D eigenvalue weighted by atomic mass is 15.1. The van der Waals surface area contributed by atoms with Gasteiger partial charge in [-0.05, 0) is 134 Å². The van der Waals surface area contributed by atoms with E-state index < -0.39 is 5.41 Å². The number of benzene rings is 9. The van der Waals surface area contributed by atoms with Crippen LogP contribution in [0.4, 0.5) is 17.1 Å². The van der Waals surface area contributed by atoms with Crippen molar-refractivity contribution in [2.24, 2.45) is 0 Å². The minimum atomic E-state index is -0.524. The van der Waals surface area contributed by atoms with Crippen molar-refractivity contribution < 1.29 is 0 Å². The van der Waals surface area contributed by atoms with Crippen molar-refractivity contribution in [1.29, 1.82) is 0 Å². The predicted octanol–water partition coefficient (Wildman–Crippen LogP) is 14.9. The van der Waals surface area contributed by atoms with Crippen LogP contribution in [0.2, 0.25) is 0 Å². The van der Waals surface area contributed by atoms with Crippen LogP contribution >= 0.6 is 0 Å². The van der Waals surface area contributed by atoms with Gasteiger partial charge in [-0.25, -0.2) is 0 Å². The maximum atomic E-state index is 2.56. The highest BCUT2D eigenvalue weighted by Gasteiger charge is 2.47. The average molecular weight is 742 g/mol. The number of anilines is 3. The highest BCUT2D eigenvalue weighted by Crippen LogP contribution is 2.59. The lowest BCUT2D eigenvalue weighted by Gasteiger charge is -2.36. The maximum Gasteiger partial charge on any atom is 0.0714 e. The van der Waals surface area contributed by atoms with Crippen LogP contribution in [0.15, 0.2) is 212 Å². The first-order valence-corrected chi connectivity index (χ1v) is 20.7. The Morgan fingerprint density at radius 2 is 0.966 bits per heavy atom. The van der Waals surface area contributed by atoms with E-state index in [4.69, 9.17) is 0 Å². The van der Waals surface area contributed by atoms with Gasteiger partial charge in [0.15, 0.2) is 0 Å². The molecular formula is C57H43N. The number of rotatable bonds is 7. The van der Waals surface area contributed by atoms with Crippen LogP contribution in [-0.4, -0.2) is 0 Å². The molecule has 11 rings (SSSR count). The van der Waals surface area contributed by atoms with Crippen LogP contribution in [0.25, 0.3) is 44.2 Å². The van der Waals surface area contributed by atoms with Gasteiger partial charge in [0.2, 0.25) is 0 Å². The smallest absolute Gasteiger partial charge is 0.0714 e. The number of hydrogen-bond donors (Lipinski definition) is 0. The molecular weight excluding hydrogens is 699 g/mol. The lowest BCUT2D eigenvalue weighted by atomic mass is 9.67. The van der Waals surface area contributed by atoms with Gasteiger partial charge in [0.25, 0.3) is 0 Å². The molecule has 0 heterocycles. The van der Waals surface area contributed by atoms with Crippen molar-refractivity contribution in [2.45, 2.75) is 31.1 Å². The second-order valence-electron chi connectivity index (χ2n) is 15.9. The first-order valence-electron chi connectivity index (χ1n) is 20.7. The summed E-state index contributed by atoms with van der Waals surface area (Å²) in [7, 11) is 0. The third kappa shape index (κ3) is 5.53. The van der Waals surface area contributed by atoms with E-state index in [0.29, 0.717) is 0 Å². The maximum absolute atomic E-state index is 2.56. The fourth-order valence-electron chi connectivity index (χ4n) is 10.1. The van der Waals surface area contributed by atoms with Crippen LogP contribution < -0.4 is 4.90 Å². The number of nitrogens with zero attached hydrogens (tertiary/aromatic N) is 1. The van der Waals surface area contributed by atoms with E-state index in [0.717, 1.165) is 24.2 Å². The molecule has 0 saturated carbocycles. The van der Waals surface area contributed by atoms with Crippen molar-refractivity contribution in [3.8, 4) is 33.4 Å². The van der Waals surface area contributed by atoms with Crippen molar-refractivity contribution in [1.82, 2.24) is 0 Å². The Kier molecular flexibility index (Phi) is 8.40. The molecule has 0 spiro atoms. The second kappa shape index (κ2) is 14.2. The van der Waals surface area contributed by atoms with Crippen molar-refractivity contribution in [3.05, 3.63) is 246 Å². The first kappa shape index (κ1) is 34.3. The largest absolute Gasteiger partial charge is 0.310 e. The van der Waals surface area contributed by atoms with E-state index >= 15 is 0 Å². The second-order valence-corrected chi connectivity index (χ2v) is 15.9. The average Bonchev–Trinajstić information content (AvgIpc) is 3.59. The van der Waals surface area contributed by atoms with Gasteiger partial charge in [0.05, 0.1) is 11.1 Å². The molecule has 0 bridgehead atoms. The van der Waals surface area contributed by atoms with Crippen molar-refractivity contribution >= 4 is 27.8 Å². The monoisotopic (exact) mass is 741 g/mol.